The van der Waals surface area contributed by atoms with E-state index in [9.17, 15) is 4.79 Å². The van der Waals surface area contributed by atoms with Crippen LogP contribution in [0, 0.1) is 5.92 Å². The number of carbonyl (C=O) groups is 1. The minimum Gasteiger partial charge on any atom is -0.354 e. The average Bonchev–Trinajstić information content (AvgIpc) is 3.24. The fraction of sp³-hybridized carbons (Fsp3) is 0.565. The summed E-state index contributed by atoms with van der Waals surface area (Å²) in [4.78, 5) is 20.6. The molecule has 3 rings (SSSR count). The summed E-state index contributed by atoms with van der Waals surface area (Å²) < 4.78 is 2.06. The number of hydrogen-bond acceptors (Lipinski definition) is 4. The fourth-order valence-corrected chi connectivity index (χ4v) is 3.88. The maximum absolute atomic E-state index is 12.1. The van der Waals surface area contributed by atoms with Gasteiger partial charge in [0.2, 0.25) is 5.91 Å². The molecule has 0 saturated carbocycles. The van der Waals surface area contributed by atoms with Crippen molar-refractivity contribution in [1.29, 1.82) is 0 Å². The Morgan fingerprint density at radius 2 is 1.94 bits per heavy atom. The molecule has 0 unspecified atom stereocenters. The predicted octanol–water partition coefficient (Wildman–Crippen LogP) is 2.45. The van der Waals surface area contributed by atoms with Crippen LogP contribution in [0.5, 0.6) is 0 Å². The van der Waals surface area contributed by atoms with Crippen LogP contribution in [0.15, 0.2) is 41.7 Å². The molecule has 8 nitrogen and oxygen atoms in total. The third-order valence-electron chi connectivity index (χ3n) is 5.79. The van der Waals surface area contributed by atoms with Crippen molar-refractivity contribution >= 4 is 35.8 Å². The summed E-state index contributed by atoms with van der Waals surface area (Å²) in [5.74, 6) is 2.49. The molecule has 0 radical (unpaired) electrons. The molecule has 1 fully saturated rings. The highest BCUT2D eigenvalue weighted by Crippen LogP contribution is 2.21. The first-order chi connectivity index (χ1) is 15.1. The second kappa shape index (κ2) is 13.4. The van der Waals surface area contributed by atoms with Crippen molar-refractivity contribution in [2.45, 2.75) is 39.2 Å². The largest absolute Gasteiger partial charge is 0.354 e. The molecule has 1 aliphatic rings. The van der Waals surface area contributed by atoms with Crippen LogP contribution < -0.4 is 5.32 Å². The summed E-state index contributed by atoms with van der Waals surface area (Å²) in [6, 6.07) is 10.7. The Kier molecular flexibility index (Phi) is 10.9. The van der Waals surface area contributed by atoms with Gasteiger partial charge in [-0.25, -0.2) is 4.99 Å². The molecule has 0 atom stereocenters. The quantitative estimate of drug-likeness (QED) is 0.309. The second-order valence-corrected chi connectivity index (χ2v) is 8.27. The van der Waals surface area contributed by atoms with Crippen LogP contribution in [-0.2, 0) is 24.2 Å². The van der Waals surface area contributed by atoms with Gasteiger partial charge < -0.3 is 19.7 Å². The molecule has 32 heavy (non-hydrogen) atoms. The van der Waals surface area contributed by atoms with E-state index in [2.05, 4.69) is 67.2 Å². The van der Waals surface area contributed by atoms with Crippen molar-refractivity contribution in [3.63, 3.8) is 0 Å². The van der Waals surface area contributed by atoms with Crippen molar-refractivity contribution in [1.82, 2.24) is 29.9 Å². The summed E-state index contributed by atoms with van der Waals surface area (Å²) in [5, 5.41) is 11.6. The number of aryl methyl sites for hydroxylation is 1. The highest BCUT2D eigenvalue weighted by molar-refractivity contribution is 14.0. The molecule has 176 valence electrons. The lowest BCUT2D eigenvalue weighted by atomic mass is 9.90. The lowest BCUT2D eigenvalue weighted by molar-refractivity contribution is -0.127. The van der Waals surface area contributed by atoms with E-state index in [0.717, 1.165) is 57.1 Å². The molecule has 1 amide bonds. The van der Waals surface area contributed by atoms with E-state index in [0.29, 0.717) is 12.5 Å². The number of carbonyl (C=O) groups excluding carboxylic acids is 1. The standard InChI is InChI=1S/C23H35N7O.HI/c1-4-21-27-26-18-30(21)15-12-24-23(25-17-22(31)28(2)3)29-13-10-20(11-14-29)16-19-8-6-5-7-9-19;/h5-9,18,20H,4,10-17H2,1-3H3,(H,24,25);1H. The molecular formula is C23H36IN7O. The van der Waals surface area contributed by atoms with Gasteiger partial charge in [0.1, 0.15) is 18.7 Å². The van der Waals surface area contributed by atoms with Gasteiger partial charge in [-0.1, -0.05) is 37.3 Å². The summed E-state index contributed by atoms with van der Waals surface area (Å²) >= 11 is 0. The SMILES string of the molecule is CCc1nncn1CCNC(=NCC(=O)N(C)C)N1CCC(Cc2ccccc2)CC1.I. The zero-order valence-electron chi connectivity index (χ0n) is 19.4. The number of halogens is 1. The van der Waals surface area contributed by atoms with Gasteiger partial charge in [-0.2, -0.15) is 0 Å². The van der Waals surface area contributed by atoms with Crippen molar-refractivity contribution in [2.75, 3.05) is 40.3 Å². The van der Waals surface area contributed by atoms with Crippen LogP contribution in [0.4, 0.5) is 0 Å². The zero-order chi connectivity index (χ0) is 22.1. The first-order valence-electron chi connectivity index (χ1n) is 11.2. The topological polar surface area (TPSA) is 78.6 Å². The predicted molar refractivity (Wildman–Crippen MR) is 138 cm³/mol. The number of nitrogens with zero attached hydrogens (tertiary/aromatic N) is 6. The maximum Gasteiger partial charge on any atom is 0.243 e. The minimum atomic E-state index is 0. The number of aromatic nitrogens is 3. The average molecular weight is 553 g/mol. The summed E-state index contributed by atoms with van der Waals surface area (Å²) in [6.07, 6.45) is 6.00. The van der Waals surface area contributed by atoms with Crippen LogP contribution in [0.1, 0.15) is 31.2 Å². The van der Waals surface area contributed by atoms with Gasteiger partial charge >= 0.3 is 0 Å². The smallest absolute Gasteiger partial charge is 0.243 e. The summed E-state index contributed by atoms with van der Waals surface area (Å²) in [7, 11) is 3.52. The Balaban J connectivity index is 0.00000363. The summed E-state index contributed by atoms with van der Waals surface area (Å²) in [6.45, 7) is 5.61. The number of amides is 1. The molecule has 1 saturated heterocycles. The Hall–Kier alpha value is -2.17. The van der Waals surface area contributed by atoms with Crippen LogP contribution in [-0.4, -0.2) is 76.7 Å². The molecule has 0 aliphatic carbocycles. The summed E-state index contributed by atoms with van der Waals surface area (Å²) in [5.41, 5.74) is 1.41. The van der Waals surface area contributed by atoms with E-state index < -0.39 is 0 Å². The normalized spacial score (nSPS) is 14.7. The first kappa shape index (κ1) is 26.1. The monoisotopic (exact) mass is 553 g/mol. The minimum absolute atomic E-state index is 0. The Labute approximate surface area is 208 Å². The van der Waals surface area contributed by atoms with Crippen molar-refractivity contribution in [3.8, 4) is 0 Å². The third kappa shape index (κ3) is 7.75. The third-order valence-corrected chi connectivity index (χ3v) is 5.79. The number of guanidine groups is 1. The lowest BCUT2D eigenvalue weighted by Gasteiger charge is -2.34. The number of aliphatic imine (C=N–C) groups is 1. The number of likely N-dealkylation sites (N-methyl/N-ethyl adjacent to an activating group) is 1. The zero-order valence-corrected chi connectivity index (χ0v) is 21.7. The molecule has 2 heterocycles. The highest BCUT2D eigenvalue weighted by atomic mass is 127. The number of piperidine rings is 1. The van der Waals surface area contributed by atoms with E-state index >= 15 is 0 Å². The Morgan fingerprint density at radius 3 is 2.59 bits per heavy atom. The number of benzene rings is 1. The van der Waals surface area contributed by atoms with Gasteiger partial charge in [-0.05, 0) is 30.7 Å². The molecule has 1 aromatic heterocycles. The number of likely N-dealkylation sites (tertiary alicyclic amines) is 1. The fourth-order valence-electron chi connectivity index (χ4n) is 3.88. The highest BCUT2D eigenvalue weighted by Gasteiger charge is 2.22. The van der Waals surface area contributed by atoms with E-state index in [4.69, 9.17) is 0 Å². The molecule has 9 heteroatoms. The van der Waals surface area contributed by atoms with Crippen LogP contribution in [0.3, 0.4) is 0 Å². The van der Waals surface area contributed by atoms with Gasteiger partial charge in [0, 0.05) is 46.7 Å². The van der Waals surface area contributed by atoms with E-state index in [1.54, 1.807) is 25.3 Å². The van der Waals surface area contributed by atoms with Gasteiger partial charge in [-0.15, -0.1) is 34.2 Å². The van der Waals surface area contributed by atoms with E-state index in [1.807, 2.05) is 0 Å². The van der Waals surface area contributed by atoms with Gasteiger partial charge in [-0.3, -0.25) is 4.79 Å². The second-order valence-electron chi connectivity index (χ2n) is 8.27. The van der Waals surface area contributed by atoms with Crippen LogP contribution >= 0.6 is 24.0 Å². The molecular weight excluding hydrogens is 517 g/mol. The number of rotatable bonds is 8. The molecule has 0 bridgehead atoms. The lowest BCUT2D eigenvalue weighted by Crippen LogP contribution is -2.47. The number of nitrogens with one attached hydrogen (secondary N) is 1. The van der Waals surface area contributed by atoms with Crippen molar-refractivity contribution in [2.24, 2.45) is 10.9 Å². The first-order valence-corrected chi connectivity index (χ1v) is 11.2. The molecule has 1 N–H and O–H groups in total. The van der Waals surface area contributed by atoms with E-state index in [1.165, 1.54) is 5.56 Å². The van der Waals surface area contributed by atoms with Crippen LogP contribution in [0.25, 0.3) is 0 Å². The Morgan fingerprint density at radius 1 is 1.22 bits per heavy atom. The molecule has 1 aromatic carbocycles. The van der Waals surface area contributed by atoms with Gasteiger partial charge in [0.15, 0.2) is 5.96 Å². The number of hydrogen-bond donors (Lipinski definition) is 1. The van der Waals surface area contributed by atoms with Crippen molar-refractivity contribution in [3.05, 3.63) is 48.0 Å². The van der Waals surface area contributed by atoms with Gasteiger partial charge in [0.25, 0.3) is 0 Å². The van der Waals surface area contributed by atoms with E-state index in [-0.39, 0.29) is 36.4 Å². The molecule has 0 spiro atoms. The maximum atomic E-state index is 12.1. The molecule has 1 aliphatic heterocycles. The Bertz CT molecular complexity index is 845. The van der Waals surface area contributed by atoms with Crippen molar-refractivity contribution < 1.29 is 4.79 Å². The van der Waals surface area contributed by atoms with Crippen LogP contribution in [0.2, 0.25) is 0 Å². The molecule has 2 aromatic rings. The van der Waals surface area contributed by atoms with Gasteiger partial charge in [0.05, 0.1) is 0 Å².